The Morgan fingerprint density at radius 2 is 2.15 bits per heavy atom. The van der Waals surface area contributed by atoms with E-state index in [0.29, 0.717) is 12.4 Å². The van der Waals surface area contributed by atoms with Crippen LogP contribution in [0.1, 0.15) is 5.82 Å². The number of nitrogens with zero attached hydrogens (tertiary/aromatic N) is 5. The van der Waals surface area contributed by atoms with E-state index in [1.165, 1.54) is 11.3 Å². The van der Waals surface area contributed by atoms with Crippen molar-refractivity contribution in [1.82, 2.24) is 19.8 Å². The van der Waals surface area contributed by atoms with E-state index in [1.54, 1.807) is 11.6 Å². The van der Waals surface area contributed by atoms with Crippen molar-refractivity contribution in [2.75, 3.05) is 26.1 Å². The zero-order valence-corrected chi connectivity index (χ0v) is 12.4. The van der Waals surface area contributed by atoms with Gasteiger partial charge in [0.1, 0.15) is 11.6 Å². The van der Waals surface area contributed by atoms with Gasteiger partial charge in [-0.1, -0.05) is 23.5 Å². The zero-order valence-electron chi connectivity index (χ0n) is 11.6. The molecule has 0 aliphatic rings. The molecule has 3 rings (SSSR count). The van der Waals surface area contributed by atoms with Crippen molar-refractivity contribution in [3.8, 4) is 10.6 Å². The van der Waals surface area contributed by atoms with Gasteiger partial charge in [-0.05, 0) is 12.1 Å². The fourth-order valence-corrected chi connectivity index (χ4v) is 2.76. The molecular formula is C13H15N5OS. The summed E-state index contributed by atoms with van der Waals surface area (Å²) in [5.41, 5.74) is 2.22. The van der Waals surface area contributed by atoms with Crippen molar-refractivity contribution in [2.45, 2.75) is 6.61 Å². The maximum atomic E-state index is 5.09. The van der Waals surface area contributed by atoms with Crippen LogP contribution in [0.15, 0.2) is 24.3 Å². The van der Waals surface area contributed by atoms with E-state index in [-0.39, 0.29) is 0 Å². The summed E-state index contributed by atoms with van der Waals surface area (Å²) in [5.74, 6) is 0.716. The Morgan fingerprint density at radius 3 is 2.90 bits per heavy atom. The van der Waals surface area contributed by atoms with Crippen molar-refractivity contribution in [2.24, 2.45) is 0 Å². The average Bonchev–Trinajstić information content (AvgIpc) is 3.01. The monoisotopic (exact) mass is 289 g/mol. The molecule has 0 fully saturated rings. The van der Waals surface area contributed by atoms with Crippen molar-refractivity contribution in [1.29, 1.82) is 0 Å². The molecule has 0 amide bonds. The molecule has 3 aromatic rings. The molecule has 0 aliphatic carbocycles. The molecule has 0 unspecified atom stereocenters. The lowest BCUT2D eigenvalue weighted by atomic mass is 10.2. The Labute approximate surface area is 120 Å². The molecular weight excluding hydrogens is 274 g/mol. The van der Waals surface area contributed by atoms with Gasteiger partial charge in [-0.25, -0.2) is 0 Å². The van der Waals surface area contributed by atoms with Crippen molar-refractivity contribution in [3.05, 3.63) is 30.1 Å². The molecule has 1 aromatic carbocycles. The number of aromatic nitrogens is 4. The minimum atomic E-state index is 0.405. The van der Waals surface area contributed by atoms with Crippen molar-refractivity contribution < 1.29 is 4.74 Å². The van der Waals surface area contributed by atoms with Crippen molar-refractivity contribution in [3.63, 3.8) is 0 Å². The predicted octanol–water partition coefficient (Wildman–Crippen LogP) is 2.07. The predicted molar refractivity (Wildman–Crippen MR) is 79.1 cm³/mol. The topological polar surface area (TPSA) is 55.6 Å². The van der Waals surface area contributed by atoms with Gasteiger partial charge in [0.25, 0.3) is 0 Å². The van der Waals surface area contributed by atoms with E-state index in [0.717, 1.165) is 21.2 Å². The van der Waals surface area contributed by atoms with E-state index >= 15 is 0 Å². The molecule has 2 aromatic heterocycles. The summed E-state index contributed by atoms with van der Waals surface area (Å²) in [4.78, 5) is 2.85. The summed E-state index contributed by atoms with van der Waals surface area (Å²) >= 11 is 1.52. The van der Waals surface area contributed by atoms with Crippen LogP contribution in [0.5, 0.6) is 0 Å². The second-order valence-corrected chi connectivity index (χ2v) is 5.55. The van der Waals surface area contributed by atoms with Crippen LogP contribution in [0.2, 0.25) is 0 Å². The highest BCUT2D eigenvalue weighted by Crippen LogP contribution is 2.28. The molecule has 6 nitrogen and oxygen atoms in total. The van der Waals surface area contributed by atoms with Gasteiger partial charge in [0, 0.05) is 32.5 Å². The summed E-state index contributed by atoms with van der Waals surface area (Å²) in [6.07, 6.45) is 0. The highest BCUT2D eigenvalue weighted by atomic mass is 32.1. The maximum absolute atomic E-state index is 5.09. The molecule has 0 bridgehead atoms. The fraction of sp³-hybridized carbons (Fsp3) is 0.308. The van der Waals surface area contributed by atoms with Gasteiger partial charge in [0.05, 0.1) is 0 Å². The molecule has 2 heterocycles. The lowest BCUT2D eigenvalue weighted by Gasteiger charge is -2.12. The third-order valence-electron chi connectivity index (χ3n) is 2.94. The van der Waals surface area contributed by atoms with Crippen LogP contribution in [0, 0.1) is 0 Å². The lowest BCUT2D eigenvalue weighted by molar-refractivity contribution is 0.176. The van der Waals surface area contributed by atoms with Crippen LogP contribution < -0.4 is 4.90 Å². The Bertz CT molecular complexity index is 733. The van der Waals surface area contributed by atoms with Gasteiger partial charge < -0.3 is 9.64 Å². The van der Waals surface area contributed by atoms with Crippen LogP contribution in [-0.2, 0) is 11.3 Å². The fourth-order valence-electron chi connectivity index (χ4n) is 1.91. The number of benzene rings is 1. The largest absolute Gasteiger partial charge is 0.378 e. The van der Waals surface area contributed by atoms with E-state index in [4.69, 9.17) is 4.74 Å². The first-order chi connectivity index (χ1) is 9.69. The van der Waals surface area contributed by atoms with Gasteiger partial charge in [-0.3, -0.25) is 0 Å². The molecule has 104 valence electrons. The Morgan fingerprint density at radius 1 is 1.30 bits per heavy atom. The highest BCUT2D eigenvalue weighted by molar-refractivity contribution is 7.19. The van der Waals surface area contributed by atoms with Gasteiger partial charge >= 0.3 is 0 Å². The molecule has 0 saturated heterocycles. The Balaban J connectivity index is 2.03. The molecule has 0 radical (unpaired) electrons. The van der Waals surface area contributed by atoms with Crippen LogP contribution in [-0.4, -0.2) is 41.0 Å². The molecule has 0 saturated carbocycles. The first kappa shape index (κ1) is 13.0. The van der Waals surface area contributed by atoms with Crippen LogP contribution in [0.3, 0.4) is 0 Å². The SMILES string of the molecule is COCc1nnc2sc(-c3cccc(N(C)C)c3)nn12. The molecule has 20 heavy (non-hydrogen) atoms. The molecule has 0 spiro atoms. The Kier molecular flexibility index (Phi) is 3.37. The second-order valence-electron chi connectivity index (χ2n) is 4.60. The van der Waals surface area contributed by atoms with Crippen molar-refractivity contribution >= 4 is 22.0 Å². The first-order valence-electron chi connectivity index (χ1n) is 6.17. The second kappa shape index (κ2) is 5.18. The summed E-state index contributed by atoms with van der Waals surface area (Å²) in [7, 11) is 5.68. The van der Waals surface area contributed by atoms with Crippen LogP contribution in [0.4, 0.5) is 5.69 Å². The maximum Gasteiger partial charge on any atom is 0.235 e. The van der Waals surface area contributed by atoms with Gasteiger partial charge in [0.15, 0.2) is 5.82 Å². The normalized spacial score (nSPS) is 11.2. The quantitative estimate of drug-likeness (QED) is 0.736. The van der Waals surface area contributed by atoms with Crippen LogP contribution >= 0.6 is 11.3 Å². The third-order valence-corrected chi connectivity index (χ3v) is 3.89. The molecule has 7 heteroatoms. The summed E-state index contributed by atoms with van der Waals surface area (Å²) in [6.45, 7) is 0.405. The smallest absolute Gasteiger partial charge is 0.235 e. The van der Waals surface area contributed by atoms with Crippen LogP contribution in [0.25, 0.3) is 15.5 Å². The van der Waals surface area contributed by atoms with E-state index in [9.17, 15) is 0 Å². The average molecular weight is 289 g/mol. The summed E-state index contributed by atoms with van der Waals surface area (Å²) in [5, 5.41) is 13.7. The van der Waals surface area contributed by atoms with Gasteiger partial charge in [0.2, 0.25) is 4.96 Å². The first-order valence-corrected chi connectivity index (χ1v) is 6.98. The molecule has 0 N–H and O–H groups in total. The number of fused-ring (bicyclic) bond motifs is 1. The van der Waals surface area contributed by atoms with E-state index in [2.05, 4.69) is 38.4 Å². The minimum absolute atomic E-state index is 0.405. The number of rotatable bonds is 4. The molecule has 0 atom stereocenters. The van der Waals surface area contributed by atoms with Gasteiger partial charge in [-0.15, -0.1) is 10.2 Å². The summed E-state index contributed by atoms with van der Waals surface area (Å²) in [6, 6.07) is 8.26. The lowest BCUT2D eigenvalue weighted by Crippen LogP contribution is -2.08. The summed E-state index contributed by atoms with van der Waals surface area (Å²) < 4.78 is 6.84. The number of hydrogen-bond acceptors (Lipinski definition) is 6. The molecule has 0 aliphatic heterocycles. The van der Waals surface area contributed by atoms with Gasteiger partial charge in [-0.2, -0.15) is 9.61 Å². The number of methoxy groups -OCH3 is 1. The van der Waals surface area contributed by atoms with E-state index < -0.39 is 0 Å². The highest BCUT2D eigenvalue weighted by Gasteiger charge is 2.13. The number of anilines is 1. The third kappa shape index (κ3) is 2.25. The zero-order chi connectivity index (χ0) is 14.1. The Hall–Kier alpha value is -1.99. The minimum Gasteiger partial charge on any atom is -0.378 e. The number of hydrogen-bond donors (Lipinski definition) is 0. The van der Waals surface area contributed by atoms with E-state index in [1.807, 2.05) is 20.2 Å². The standard InChI is InChI=1S/C13H15N5OS/c1-17(2)10-6-4-5-9(7-10)12-16-18-11(8-19-3)14-15-13(18)20-12/h4-7H,8H2,1-3H3. The number of ether oxygens (including phenoxy) is 1.